The number of para-hydroxylation sites is 2. The normalized spacial score (nSPS) is 10.0. The van der Waals surface area contributed by atoms with Crippen LogP contribution in [0.3, 0.4) is 0 Å². The van der Waals surface area contributed by atoms with E-state index in [0.29, 0.717) is 16.9 Å². The number of aromatic nitrogens is 1. The fraction of sp³-hybridized carbons (Fsp3) is 0.0714. The molecule has 0 bridgehead atoms. The second-order valence-electron chi connectivity index (χ2n) is 4.08. The van der Waals surface area contributed by atoms with E-state index in [1.165, 1.54) is 24.5 Å². The predicted molar refractivity (Wildman–Crippen MR) is 74.4 cm³/mol. The Morgan fingerprint density at radius 1 is 1.15 bits per heavy atom. The molecule has 0 fully saturated rings. The summed E-state index contributed by atoms with van der Waals surface area (Å²) in [5.41, 5.74) is 6.88. The van der Waals surface area contributed by atoms with Crippen molar-refractivity contribution in [1.82, 2.24) is 4.98 Å². The number of anilines is 2. The molecule has 0 aliphatic heterocycles. The first kappa shape index (κ1) is 13.5. The largest absolute Gasteiger partial charge is 0.480 e. The van der Waals surface area contributed by atoms with Crippen molar-refractivity contribution in [3.8, 4) is 0 Å². The summed E-state index contributed by atoms with van der Waals surface area (Å²) in [4.78, 5) is 28.4. The third kappa shape index (κ3) is 2.92. The number of carbonyl (C=O) groups excluding carboxylic acids is 1. The highest BCUT2D eigenvalue weighted by Gasteiger charge is 2.21. The van der Waals surface area contributed by atoms with E-state index >= 15 is 0 Å². The second-order valence-corrected chi connectivity index (χ2v) is 4.08. The molecule has 0 saturated heterocycles. The van der Waals surface area contributed by atoms with E-state index in [0.717, 1.165) is 4.90 Å². The van der Waals surface area contributed by atoms with E-state index in [9.17, 15) is 9.59 Å². The van der Waals surface area contributed by atoms with Crippen molar-refractivity contribution in [1.29, 1.82) is 0 Å². The number of hydrogen-bond acceptors (Lipinski definition) is 4. The van der Waals surface area contributed by atoms with Crippen LogP contribution in [0.1, 0.15) is 10.4 Å². The van der Waals surface area contributed by atoms with E-state index < -0.39 is 18.4 Å². The maximum Gasteiger partial charge on any atom is 0.323 e. The number of carbonyl (C=O) groups is 2. The van der Waals surface area contributed by atoms with E-state index in [-0.39, 0.29) is 0 Å². The summed E-state index contributed by atoms with van der Waals surface area (Å²) >= 11 is 0. The quantitative estimate of drug-likeness (QED) is 0.819. The Bertz CT molecular complexity index is 629. The Morgan fingerprint density at radius 3 is 2.40 bits per heavy atom. The molecule has 0 atom stereocenters. The Labute approximate surface area is 115 Å². The zero-order chi connectivity index (χ0) is 14.5. The van der Waals surface area contributed by atoms with Gasteiger partial charge in [0, 0.05) is 18.0 Å². The Balaban J connectivity index is 2.41. The summed E-state index contributed by atoms with van der Waals surface area (Å²) in [7, 11) is 0. The number of aliphatic carboxylic acids is 1. The molecule has 102 valence electrons. The Kier molecular flexibility index (Phi) is 3.95. The van der Waals surface area contributed by atoms with Crippen molar-refractivity contribution >= 4 is 23.3 Å². The fourth-order valence-corrected chi connectivity index (χ4v) is 1.79. The molecule has 0 unspecified atom stereocenters. The number of nitrogen functional groups attached to an aromatic ring is 1. The highest BCUT2D eigenvalue weighted by atomic mass is 16.4. The van der Waals surface area contributed by atoms with Crippen molar-refractivity contribution in [3.05, 3.63) is 54.4 Å². The number of hydrogen-bond donors (Lipinski definition) is 2. The van der Waals surface area contributed by atoms with Gasteiger partial charge in [-0.3, -0.25) is 19.5 Å². The van der Waals surface area contributed by atoms with Gasteiger partial charge in [-0.1, -0.05) is 12.1 Å². The van der Waals surface area contributed by atoms with Gasteiger partial charge in [0.25, 0.3) is 5.91 Å². The topological polar surface area (TPSA) is 96.5 Å². The highest BCUT2D eigenvalue weighted by molar-refractivity contribution is 6.09. The maximum absolute atomic E-state index is 12.4. The van der Waals surface area contributed by atoms with Crippen molar-refractivity contribution in [3.63, 3.8) is 0 Å². The minimum Gasteiger partial charge on any atom is -0.480 e. The molecule has 20 heavy (non-hydrogen) atoms. The van der Waals surface area contributed by atoms with E-state index in [4.69, 9.17) is 10.8 Å². The molecule has 3 N–H and O–H groups in total. The van der Waals surface area contributed by atoms with Crippen LogP contribution in [0.5, 0.6) is 0 Å². The van der Waals surface area contributed by atoms with Crippen LogP contribution in [0, 0.1) is 0 Å². The van der Waals surface area contributed by atoms with Gasteiger partial charge in [-0.2, -0.15) is 0 Å². The lowest BCUT2D eigenvalue weighted by atomic mass is 10.2. The minimum absolute atomic E-state index is 0.344. The Hall–Kier alpha value is -2.89. The van der Waals surface area contributed by atoms with Crippen molar-refractivity contribution in [2.24, 2.45) is 0 Å². The number of amides is 1. The van der Waals surface area contributed by atoms with Crippen LogP contribution in [0.15, 0.2) is 48.8 Å². The van der Waals surface area contributed by atoms with Gasteiger partial charge in [0.15, 0.2) is 0 Å². The third-order valence-corrected chi connectivity index (χ3v) is 2.69. The van der Waals surface area contributed by atoms with E-state index in [1.807, 2.05) is 0 Å². The predicted octanol–water partition coefficient (Wildman–Crippen LogP) is 1.40. The van der Waals surface area contributed by atoms with Gasteiger partial charge in [0.05, 0.1) is 11.4 Å². The zero-order valence-electron chi connectivity index (χ0n) is 10.6. The molecule has 1 aromatic carbocycles. The smallest absolute Gasteiger partial charge is 0.323 e. The van der Waals surface area contributed by atoms with Crippen LogP contribution in [0.4, 0.5) is 11.4 Å². The Morgan fingerprint density at radius 2 is 1.80 bits per heavy atom. The molecular formula is C14H13N3O3. The maximum atomic E-state index is 12.4. The molecule has 0 spiro atoms. The SMILES string of the molecule is Nc1ccccc1N(CC(=O)O)C(=O)c1ccncc1. The van der Waals surface area contributed by atoms with Crippen LogP contribution in [-0.4, -0.2) is 28.5 Å². The van der Waals surface area contributed by atoms with E-state index in [1.54, 1.807) is 24.3 Å². The van der Waals surface area contributed by atoms with Crippen LogP contribution < -0.4 is 10.6 Å². The molecular weight excluding hydrogens is 258 g/mol. The monoisotopic (exact) mass is 271 g/mol. The van der Waals surface area contributed by atoms with Gasteiger partial charge in [-0.15, -0.1) is 0 Å². The first-order valence-electron chi connectivity index (χ1n) is 5.88. The van der Waals surface area contributed by atoms with Crippen molar-refractivity contribution in [2.45, 2.75) is 0 Å². The first-order chi connectivity index (χ1) is 9.59. The number of pyridine rings is 1. The van der Waals surface area contributed by atoms with Crippen LogP contribution >= 0.6 is 0 Å². The number of nitrogens with zero attached hydrogens (tertiary/aromatic N) is 2. The molecule has 1 amide bonds. The van der Waals surface area contributed by atoms with Gasteiger partial charge >= 0.3 is 5.97 Å². The third-order valence-electron chi connectivity index (χ3n) is 2.69. The molecule has 2 rings (SSSR count). The van der Waals surface area contributed by atoms with Crippen LogP contribution in [0.2, 0.25) is 0 Å². The van der Waals surface area contributed by atoms with Gasteiger partial charge in [0.1, 0.15) is 6.54 Å². The van der Waals surface area contributed by atoms with Gasteiger partial charge in [0.2, 0.25) is 0 Å². The number of benzene rings is 1. The fourth-order valence-electron chi connectivity index (χ4n) is 1.79. The number of carboxylic acids is 1. The van der Waals surface area contributed by atoms with Crippen molar-refractivity contribution in [2.75, 3.05) is 17.2 Å². The summed E-state index contributed by atoms with van der Waals surface area (Å²) in [6.45, 7) is -0.463. The average Bonchev–Trinajstić information content (AvgIpc) is 2.46. The zero-order valence-corrected chi connectivity index (χ0v) is 10.6. The molecule has 1 heterocycles. The molecule has 6 heteroatoms. The van der Waals surface area contributed by atoms with Crippen LogP contribution in [0.25, 0.3) is 0 Å². The van der Waals surface area contributed by atoms with E-state index in [2.05, 4.69) is 4.98 Å². The lowest BCUT2D eigenvalue weighted by molar-refractivity contribution is -0.135. The second kappa shape index (κ2) is 5.83. The number of rotatable bonds is 4. The molecule has 0 saturated carbocycles. The molecule has 6 nitrogen and oxygen atoms in total. The average molecular weight is 271 g/mol. The van der Waals surface area contributed by atoms with Crippen LogP contribution in [-0.2, 0) is 4.79 Å². The molecule has 0 aliphatic carbocycles. The lowest BCUT2D eigenvalue weighted by Crippen LogP contribution is -2.36. The summed E-state index contributed by atoms with van der Waals surface area (Å²) in [5, 5.41) is 8.98. The summed E-state index contributed by atoms with van der Waals surface area (Å²) in [5.74, 6) is -1.55. The summed E-state index contributed by atoms with van der Waals surface area (Å²) < 4.78 is 0. The van der Waals surface area contributed by atoms with Gasteiger partial charge < -0.3 is 10.8 Å². The van der Waals surface area contributed by atoms with Gasteiger partial charge in [-0.25, -0.2) is 0 Å². The highest BCUT2D eigenvalue weighted by Crippen LogP contribution is 2.24. The number of carboxylic acid groups (broad SMARTS) is 1. The van der Waals surface area contributed by atoms with Gasteiger partial charge in [-0.05, 0) is 24.3 Å². The molecule has 0 radical (unpaired) electrons. The molecule has 1 aromatic heterocycles. The molecule has 2 aromatic rings. The number of nitrogens with two attached hydrogens (primary N) is 1. The van der Waals surface area contributed by atoms with Crippen molar-refractivity contribution < 1.29 is 14.7 Å². The lowest BCUT2D eigenvalue weighted by Gasteiger charge is -2.22. The first-order valence-corrected chi connectivity index (χ1v) is 5.88. The standard InChI is InChI=1S/C14H13N3O3/c15-11-3-1-2-4-12(11)17(9-13(18)19)14(20)10-5-7-16-8-6-10/h1-8H,9,15H2,(H,18,19). The summed E-state index contributed by atoms with van der Waals surface area (Å²) in [6.07, 6.45) is 2.95. The summed E-state index contributed by atoms with van der Waals surface area (Å²) in [6, 6.07) is 9.68. The molecule has 0 aliphatic rings. The minimum atomic E-state index is -1.12.